The van der Waals surface area contributed by atoms with Crippen LogP contribution in [-0.2, 0) is 10.0 Å². The maximum atomic E-state index is 12.2. The van der Waals surface area contributed by atoms with Crippen molar-refractivity contribution in [3.05, 3.63) is 22.7 Å². The van der Waals surface area contributed by atoms with Crippen LogP contribution in [0, 0.1) is 5.41 Å². The molecule has 1 aliphatic rings. The Morgan fingerprint density at radius 2 is 2.11 bits per heavy atom. The molecule has 1 aliphatic carbocycles. The Morgan fingerprint density at radius 1 is 1.42 bits per heavy atom. The van der Waals surface area contributed by atoms with E-state index in [1.54, 1.807) is 12.1 Å². The minimum absolute atomic E-state index is 0.161. The Hall–Kier alpha value is -0.590. The third-order valence-corrected chi connectivity index (χ3v) is 6.20. The Balaban J connectivity index is 2.11. The van der Waals surface area contributed by atoms with Gasteiger partial charge in [-0.3, -0.25) is 0 Å². The molecule has 3 N–H and O–H groups in total. The summed E-state index contributed by atoms with van der Waals surface area (Å²) in [4.78, 5) is 0.221. The number of rotatable bonds is 5. The van der Waals surface area contributed by atoms with E-state index in [0.717, 1.165) is 19.3 Å². The van der Waals surface area contributed by atoms with Crippen molar-refractivity contribution in [2.75, 3.05) is 12.3 Å². The van der Waals surface area contributed by atoms with E-state index in [-0.39, 0.29) is 10.3 Å². The first kappa shape index (κ1) is 14.8. The van der Waals surface area contributed by atoms with Gasteiger partial charge in [-0.25, -0.2) is 13.1 Å². The quantitative estimate of drug-likeness (QED) is 0.805. The number of benzene rings is 1. The van der Waals surface area contributed by atoms with Crippen molar-refractivity contribution >= 4 is 31.6 Å². The first-order valence-electron chi connectivity index (χ1n) is 6.43. The average Bonchev–Trinajstić information content (AvgIpc) is 2.31. The second-order valence-corrected chi connectivity index (χ2v) is 7.84. The van der Waals surface area contributed by atoms with Crippen LogP contribution in [0.4, 0.5) is 5.69 Å². The van der Waals surface area contributed by atoms with Crippen LogP contribution < -0.4 is 10.5 Å². The van der Waals surface area contributed by atoms with Crippen LogP contribution in [-0.4, -0.2) is 15.0 Å². The normalized spacial score (nSPS) is 18.0. The van der Waals surface area contributed by atoms with Gasteiger partial charge < -0.3 is 5.73 Å². The molecule has 0 atom stereocenters. The molecule has 2 rings (SSSR count). The summed E-state index contributed by atoms with van der Waals surface area (Å²) in [6.07, 6.45) is 4.42. The monoisotopic (exact) mass is 346 g/mol. The Labute approximate surface area is 122 Å². The molecule has 0 aromatic heterocycles. The van der Waals surface area contributed by atoms with E-state index < -0.39 is 10.0 Å². The van der Waals surface area contributed by atoms with Crippen molar-refractivity contribution in [3.8, 4) is 0 Å². The molecule has 0 saturated heterocycles. The summed E-state index contributed by atoms with van der Waals surface area (Å²) in [5.74, 6) is 0. The molecule has 1 fully saturated rings. The fourth-order valence-electron chi connectivity index (χ4n) is 2.35. The molecular formula is C13H19BrN2O2S. The molecular weight excluding hydrogens is 328 g/mol. The van der Waals surface area contributed by atoms with Crippen LogP contribution in [0.1, 0.15) is 32.6 Å². The Morgan fingerprint density at radius 3 is 2.58 bits per heavy atom. The molecule has 0 unspecified atom stereocenters. The first-order valence-corrected chi connectivity index (χ1v) is 8.71. The van der Waals surface area contributed by atoms with E-state index in [9.17, 15) is 8.42 Å². The summed E-state index contributed by atoms with van der Waals surface area (Å²) >= 11 is 3.26. The molecule has 4 nitrogen and oxygen atoms in total. The van der Waals surface area contributed by atoms with Crippen molar-refractivity contribution in [1.29, 1.82) is 0 Å². The lowest BCUT2D eigenvalue weighted by Gasteiger charge is -2.41. The molecule has 0 amide bonds. The zero-order chi connectivity index (χ0) is 14.1. The van der Waals surface area contributed by atoms with Crippen LogP contribution in [0.15, 0.2) is 27.6 Å². The highest BCUT2D eigenvalue weighted by Gasteiger charge is 2.36. The zero-order valence-electron chi connectivity index (χ0n) is 10.9. The van der Waals surface area contributed by atoms with E-state index in [1.807, 2.05) is 0 Å². The molecule has 6 heteroatoms. The SMILES string of the molecule is CCC1(CNS(=O)(=O)c2ccc(Br)c(N)c2)CCC1. The first-order chi connectivity index (χ1) is 8.88. The molecule has 106 valence electrons. The highest BCUT2D eigenvalue weighted by atomic mass is 79.9. The molecule has 0 radical (unpaired) electrons. The summed E-state index contributed by atoms with van der Waals surface area (Å²) in [7, 11) is -3.47. The number of hydrogen-bond donors (Lipinski definition) is 2. The number of halogens is 1. The van der Waals surface area contributed by atoms with E-state index >= 15 is 0 Å². The smallest absolute Gasteiger partial charge is 0.240 e. The third kappa shape index (κ3) is 3.12. The van der Waals surface area contributed by atoms with Gasteiger partial charge in [0.05, 0.1) is 4.90 Å². The molecule has 0 heterocycles. The van der Waals surface area contributed by atoms with Crippen molar-refractivity contribution < 1.29 is 8.42 Å². The molecule has 1 saturated carbocycles. The standard InChI is InChI=1S/C13H19BrN2O2S/c1-2-13(6-3-7-13)9-16-19(17,18)10-4-5-11(14)12(15)8-10/h4-5,8,16H,2-3,6-7,9,15H2,1H3. The van der Waals surface area contributed by atoms with Crippen LogP contribution in [0.3, 0.4) is 0 Å². The molecule has 19 heavy (non-hydrogen) atoms. The number of nitrogens with two attached hydrogens (primary N) is 1. The van der Waals surface area contributed by atoms with Crippen molar-refractivity contribution in [2.45, 2.75) is 37.5 Å². The van der Waals surface area contributed by atoms with Gasteiger partial charge in [0.1, 0.15) is 0 Å². The summed E-state index contributed by atoms with van der Waals surface area (Å²) in [5, 5.41) is 0. The van der Waals surface area contributed by atoms with Gasteiger partial charge in [0.2, 0.25) is 10.0 Å². The lowest BCUT2D eigenvalue weighted by molar-refractivity contribution is 0.133. The van der Waals surface area contributed by atoms with Gasteiger partial charge in [-0.05, 0) is 58.8 Å². The van der Waals surface area contributed by atoms with Crippen molar-refractivity contribution in [1.82, 2.24) is 4.72 Å². The van der Waals surface area contributed by atoms with Gasteiger partial charge in [-0.2, -0.15) is 0 Å². The summed E-state index contributed by atoms with van der Waals surface area (Å²) in [6.45, 7) is 2.63. The topological polar surface area (TPSA) is 72.2 Å². The molecule has 1 aromatic carbocycles. The largest absolute Gasteiger partial charge is 0.398 e. The second kappa shape index (κ2) is 5.42. The molecule has 0 spiro atoms. The number of nitrogens with one attached hydrogen (secondary N) is 1. The van der Waals surface area contributed by atoms with Crippen LogP contribution >= 0.6 is 15.9 Å². The van der Waals surface area contributed by atoms with Gasteiger partial charge in [-0.1, -0.05) is 13.3 Å². The Kier molecular flexibility index (Phi) is 4.23. The predicted molar refractivity (Wildman–Crippen MR) is 80.3 cm³/mol. The fraction of sp³-hybridized carbons (Fsp3) is 0.538. The van der Waals surface area contributed by atoms with Crippen molar-refractivity contribution in [2.24, 2.45) is 5.41 Å². The maximum absolute atomic E-state index is 12.2. The van der Waals surface area contributed by atoms with Gasteiger partial charge >= 0.3 is 0 Å². The number of nitrogen functional groups attached to an aromatic ring is 1. The maximum Gasteiger partial charge on any atom is 0.240 e. The molecule has 0 bridgehead atoms. The average molecular weight is 347 g/mol. The lowest BCUT2D eigenvalue weighted by atomic mass is 9.67. The number of anilines is 1. The summed E-state index contributed by atoms with van der Waals surface area (Å²) in [6, 6.07) is 4.69. The number of sulfonamides is 1. The minimum atomic E-state index is -3.47. The summed E-state index contributed by atoms with van der Waals surface area (Å²) in [5.41, 5.74) is 6.31. The van der Waals surface area contributed by atoms with Crippen LogP contribution in [0.5, 0.6) is 0 Å². The Bertz CT molecular complexity index is 562. The van der Waals surface area contributed by atoms with E-state index in [2.05, 4.69) is 27.6 Å². The highest BCUT2D eigenvalue weighted by Crippen LogP contribution is 2.43. The zero-order valence-corrected chi connectivity index (χ0v) is 13.4. The lowest BCUT2D eigenvalue weighted by Crippen LogP contribution is -2.41. The molecule has 1 aromatic rings. The number of hydrogen-bond acceptors (Lipinski definition) is 3. The van der Waals surface area contributed by atoms with Gasteiger partial charge in [0.15, 0.2) is 0 Å². The fourth-order valence-corrected chi connectivity index (χ4v) is 3.79. The predicted octanol–water partition coefficient (Wildman–Crippen LogP) is 2.89. The van der Waals surface area contributed by atoms with Gasteiger partial charge in [0, 0.05) is 16.7 Å². The third-order valence-electron chi connectivity index (χ3n) is 4.08. The highest BCUT2D eigenvalue weighted by molar-refractivity contribution is 9.10. The second-order valence-electron chi connectivity index (χ2n) is 5.21. The van der Waals surface area contributed by atoms with E-state index in [0.29, 0.717) is 16.7 Å². The van der Waals surface area contributed by atoms with Gasteiger partial charge in [-0.15, -0.1) is 0 Å². The summed E-state index contributed by atoms with van der Waals surface area (Å²) < 4.78 is 27.9. The van der Waals surface area contributed by atoms with E-state index in [4.69, 9.17) is 5.73 Å². The van der Waals surface area contributed by atoms with Gasteiger partial charge in [0.25, 0.3) is 0 Å². The molecule has 0 aliphatic heterocycles. The van der Waals surface area contributed by atoms with E-state index in [1.165, 1.54) is 12.5 Å². The van der Waals surface area contributed by atoms with Crippen LogP contribution in [0.2, 0.25) is 0 Å². The van der Waals surface area contributed by atoms with Crippen LogP contribution in [0.25, 0.3) is 0 Å². The van der Waals surface area contributed by atoms with Crippen molar-refractivity contribution in [3.63, 3.8) is 0 Å². The minimum Gasteiger partial charge on any atom is -0.398 e.